The van der Waals surface area contributed by atoms with Crippen molar-refractivity contribution in [2.75, 3.05) is 13.7 Å². The Morgan fingerprint density at radius 3 is 2.82 bits per heavy atom. The number of hydrogen-bond donors (Lipinski definition) is 2. The number of aliphatic hydroxyl groups excluding tert-OH is 1. The van der Waals surface area contributed by atoms with Crippen molar-refractivity contribution in [1.82, 2.24) is 5.32 Å². The van der Waals surface area contributed by atoms with Gasteiger partial charge in [-0.3, -0.25) is 4.79 Å². The maximum atomic E-state index is 13.5. The van der Waals surface area contributed by atoms with E-state index in [1.807, 2.05) is 6.92 Å². The number of methoxy groups -OCH3 is 1. The normalized spacial score (nSPS) is 12.0. The van der Waals surface area contributed by atoms with Crippen LogP contribution < -0.4 is 10.1 Å². The second kappa shape index (κ2) is 6.20. The number of hydrogen-bond acceptors (Lipinski definition) is 3. The summed E-state index contributed by atoms with van der Waals surface area (Å²) in [6.07, 6.45) is 0.568. The lowest BCUT2D eigenvalue weighted by Gasteiger charge is -2.15. The third-order valence-corrected chi connectivity index (χ3v) is 2.47. The van der Waals surface area contributed by atoms with E-state index >= 15 is 0 Å². The minimum Gasteiger partial charge on any atom is -0.496 e. The Balaban J connectivity index is 2.95. The highest BCUT2D eigenvalue weighted by Gasteiger charge is 2.19. The van der Waals surface area contributed by atoms with Crippen molar-refractivity contribution in [3.05, 3.63) is 29.6 Å². The zero-order chi connectivity index (χ0) is 12.8. The molecule has 17 heavy (non-hydrogen) atoms. The van der Waals surface area contributed by atoms with Crippen LogP contribution >= 0.6 is 0 Å². The lowest BCUT2D eigenvalue weighted by atomic mass is 10.1. The molecule has 2 N–H and O–H groups in total. The highest BCUT2D eigenvalue weighted by atomic mass is 19.1. The van der Waals surface area contributed by atoms with E-state index in [1.54, 1.807) is 0 Å². The van der Waals surface area contributed by atoms with Gasteiger partial charge in [0.15, 0.2) is 0 Å². The predicted molar refractivity (Wildman–Crippen MR) is 61.6 cm³/mol. The zero-order valence-corrected chi connectivity index (χ0v) is 9.87. The van der Waals surface area contributed by atoms with Gasteiger partial charge in [0, 0.05) is 0 Å². The van der Waals surface area contributed by atoms with E-state index in [-0.39, 0.29) is 24.0 Å². The van der Waals surface area contributed by atoms with E-state index in [0.717, 1.165) is 0 Å². The molecule has 0 aliphatic rings. The zero-order valence-electron chi connectivity index (χ0n) is 9.87. The summed E-state index contributed by atoms with van der Waals surface area (Å²) >= 11 is 0. The highest BCUT2D eigenvalue weighted by Crippen LogP contribution is 2.21. The third-order valence-electron chi connectivity index (χ3n) is 2.47. The number of benzene rings is 1. The predicted octanol–water partition coefficient (Wildman–Crippen LogP) is 1.34. The van der Waals surface area contributed by atoms with Crippen LogP contribution in [0.2, 0.25) is 0 Å². The standard InChI is InChI=1S/C12H16FNO3/c1-3-8(7-15)14-12(16)11-9(13)5-4-6-10(11)17-2/h4-6,8,15H,3,7H2,1-2H3,(H,14,16). The average Bonchev–Trinajstić information content (AvgIpc) is 2.35. The summed E-state index contributed by atoms with van der Waals surface area (Å²) in [5.41, 5.74) is -0.137. The molecule has 94 valence electrons. The van der Waals surface area contributed by atoms with Crippen molar-refractivity contribution in [2.24, 2.45) is 0 Å². The van der Waals surface area contributed by atoms with Crippen LogP contribution in [0.15, 0.2) is 18.2 Å². The number of carbonyl (C=O) groups is 1. The molecule has 1 aromatic rings. The molecule has 0 spiro atoms. The van der Waals surface area contributed by atoms with Crippen LogP contribution in [0.5, 0.6) is 5.75 Å². The number of amides is 1. The first-order valence-electron chi connectivity index (χ1n) is 5.38. The maximum Gasteiger partial charge on any atom is 0.258 e. The second-order valence-corrected chi connectivity index (χ2v) is 3.58. The minimum absolute atomic E-state index is 0.137. The van der Waals surface area contributed by atoms with Gasteiger partial charge >= 0.3 is 0 Å². The van der Waals surface area contributed by atoms with Crippen LogP contribution in [-0.4, -0.2) is 30.8 Å². The quantitative estimate of drug-likeness (QED) is 0.817. The monoisotopic (exact) mass is 241 g/mol. The Labute approximate surface area is 99.4 Å². The first kappa shape index (κ1) is 13.4. The first-order chi connectivity index (χ1) is 8.13. The first-order valence-corrected chi connectivity index (χ1v) is 5.38. The fourth-order valence-corrected chi connectivity index (χ4v) is 1.43. The fourth-order valence-electron chi connectivity index (χ4n) is 1.43. The molecule has 5 heteroatoms. The van der Waals surface area contributed by atoms with Gasteiger partial charge in [-0.15, -0.1) is 0 Å². The fraction of sp³-hybridized carbons (Fsp3) is 0.417. The van der Waals surface area contributed by atoms with Crippen molar-refractivity contribution in [2.45, 2.75) is 19.4 Å². The van der Waals surface area contributed by atoms with Crippen molar-refractivity contribution in [3.63, 3.8) is 0 Å². The average molecular weight is 241 g/mol. The van der Waals surface area contributed by atoms with Crippen LogP contribution in [-0.2, 0) is 0 Å². The van der Waals surface area contributed by atoms with Crippen molar-refractivity contribution < 1.29 is 19.0 Å². The van der Waals surface area contributed by atoms with E-state index in [1.165, 1.54) is 25.3 Å². The SMILES string of the molecule is CCC(CO)NC(=O)c1c(F)cccc1OC. The van der Waals surface area contributed by atoms with E-state index in [9.17, 15) is 9.18 Å². The largest absolute Gasteiger partial charge is 0.496 e. The van der Waals surface area contributed by atoms with Gasteiger partial charge < -0.3 is 15.2 Å². The van der Waals surface area contributed by atoms with Crippen molar-refractivity contribution in [1.29, 1.82) is 0 Å². The summed E-state index contributed by atoms with van der Waals surface area (Å²) in [5, 5.41) is 11.5. The molecule has 1 rings (SSSR count). The van der Waals surface area contributed by atoms with Gasteiger partial charge in [-0.1, -0.05) is 13.0 Å². The van der Waals surface area contributed by atoms with E-state index in [4.69, 9.17) is 9.84 Å². The van der Waals surface area contributed by atoms with Crippen LogP contribution in [0.4, 0.5) is 4.39 Å². The Bertz CT molecular complexity index is 391. The summed E-state index contributed by atoms with van der Waals surface area (Å²) in [4.78, 5) is 11.8. The molecular formula is C12H16FNO3. The Morgan fingerprint density at radius 1 is 1.59 bits per heavy atom. The number of aliphatic hydroxyl groups is 1. The molecule has 0 aliphatic heterocycles. The maximum absolute atomic E-state index is 13.5. The molecule has 1 aromatic carbocycles. The van der Waals surface area contributed by atoms with Crippen LogP contribution in [0.25, 0.3) is 0 Å². The van der Waals surface area contributed by atoms with Crippen LogP contribution in [0.3, 0.4) is 0 Å². The molecule has 4 nitrogen and oxygen atoms in total. The van der Waals surface area contributed by atoms with E-state index in [2.05, 4.69) is 5.32 Å². The van der Waals surface area contributed by atoms with Gasteiger partial charge in [0.05, 0.1) is 19.8 Å². The number of carbonyl (C=O) groups excluding carboxylic acids is 1. The molecular weight excluding hydrogens is 225 g/mol. The summed E-state index contributed by atoms with van der Waals surface area (Å²) in [5.74, 6) is -1.05. The smallest absolute Gasteiger partial charge is 0.258 e. The molecule has 1 amide bonds. The molecule has 0 aliphatic carbocycles. The molecule has 0 radical (unpaired) electrons. The van der Waals surface area contributed by atoms with Gasteiger partial charge in [0.25, 0.3) is 5.91 Å². The van der Waals surface area contributed by atoms with Gasteiger partial charge in [-0.2, -0.15) is 0 Å². The summed E-state index contributed by atoms with van der Waals surface area (Å²) < 4.78 is 18.5. The molecule has 0 aromatic heterocycles. The number of halogens is 1. The van der Waals surface area contributed by atoms with Crippen LogP contribution in [0.1, 0.15) is 23.7 Å². The Morgan fingerprint density at radius 2 is 2.29 bits per heavy atom. The number of nitrogens with one attached hydrogen (secondary N) is 1. The van der Waals surface area contributed by atoms with Gasteiger partial charge in [0.2, 0.25) is 0 Å². The summed E-state index contributed by atoms with van der Waals surface area (Å²) in [7, 11) is 1.37. The Kier molecular flexibility index (Phi) is 4.90. The lowest BCUT2D eigenvalue weighted by Crippen LogP contribution is -2.37. The molecule has 0 fully saturated rings. The van der Waals surface area contributed by atoms with Crippen molar-refractivity contribution >= 4 is 5.91 Å². The van der Waals surface area contributed by atoms with E-state index in [0.29, 0.717) is 6.42 Å². The topological polar surface area (TPSA) is 58.6 Å². The van der Waals surface area contributed by atoms with E-state index < -0.39 is 11.7 Å². The van der Waals surface area contributed by atoms with Crippen molar-refractivity contribution in [3.8, 4) is 5.75 Å². The Hall–Kier alpha value is -1.62. The van der Waals surface area contributed by atoms with Gasteiger partial charge in [-0.25, -0.2) is 4.39 Å². The number of ether oxygens (including phenoxy) is 1. The molecule has 1 atom stereocenters. The highest BCUT2D eigenvalue weighted by molar-refractivity contribution is 5.97. The molecule has 0 bridgehead atoms. The molecule has 0 heterocycles. The van der Waals surface area contributed by atoms with Gasteiger partial charge in [-0.05, 0) is 18.6 Å². The minimum atomic E-state index is -0.644. The number of rotatable bonds is 5. The molecule has 0 saturated carbocycles. The second-order valence-electron chi connectivity index (χ2n) is 3.58. The summed E-state index contributed by atoms with van der Waals surface area (Å²) in [6.45, 7) is 1.64. The van der Waals surface area contributed by atoms with Gasteiger partial charge in [0.1, 0.15) is 17.1 Å². The molecule has 1 unspecified atom stereocenters. The molecule has 0 saturated heterocycles. The third kappa shape index (κ3) is 3.17. The lowest BCUT2D eigenvalue weighted by molar-refractivity contribution is 0.0907. The van der Waals surface area contributed by atoms with Crippen LogP contribution in [0, 0.1) is 5.82 Å². The summed E-state index contributed by atoms with van der Waals surface area (Å²) in [6, 6.07) is 3.79.